The SMILES string of the molecule is [2H]C1([2H])N(CC2=C(c3ccc(Cl)cc3F)CCC3(C2)CC3(F)F)C([2H])([2H])C([2H])([2H])N(c2ccc(C(=O)NS(=O)(=O)c3ccc(NC(CCN4C([2H])([2H])C([2H])([2H])N(C(C)(C)C)C([2H])([2H])C4([2H])[2H])CSc4ccccc4)c(S(=O)(=O)C(F)(F)F)c3)cc2)C1([2H])[2H]. The van der Waals surface area contributed by atoms with Gasteiger partial charge in [0.25, 0.3) is 31.7 Å². The molecule has 0 aromatic heterocycles. The zero-order chi connectivity index (χ0) is 66.2. The summed E-state index contributed by atoms with van der Waals surface area (Å²) in [6.07, 6.45) is -1.96. The van der Waals surface area contributed by atoms with Gasteiger partial charge in [-0.15, -0.1) is 11.8 Å². The summed E-state index contributed by atoms with van der Waals surface area (Å²) < 4.78 is 288. The molecule has 2 heterocycles. The average Bonchev–Trinajstić information content (AvgIpc) is 1.20. The van der Waals surface area contributed by atoms with E-state index in [9.17, 15) is 43.6 Å². The van der Waals surface area contributed by atoms with Gasteiger partial charge < -0.3 is 15.1 Å². The standard InChI is InChI=1S/C51H59ClF6N6O5S3/c1-48(2,3)64-27-23-61(24-28-64)20-18-38(33-70-40-7-5-4-6-8-40)59-45-16-14-41(30-46(45)71(66,67)51(56,57)58)72(68,69)60-47(65)35-9-12-39(13-10-35)63-25-21-62(22-26-63)32-36-31-49(34-50(49,54)55)19-17-42(36)43-15-11-37(52)29-44(43)53/h4-16,29-30,38,59H,17-28,31-34H2,1-3H3,(H,60,65)/i21D2,22D2,23D2,24D2,25D2,26D2,27D2,28D2. The number of benzene rings is 4. The van der Waals surface area contributed by atoms with Crippen LogP contribution in [0.4, 0.5) is 37.7 Å². The summed E-state index contributed by atoms with van der Waals surface area (Å²) in [5.74, 6) is -5.87. The second-order valence-electron chi connectivity index (χ2n) is 18.4. The molecule has 1 saturated carbocycles. The summed E-state index contributed by atoms with van der Waals surface area (Å²) in [5, 5.41) is 2.59. The molecule has 1 amide bonds. The third kappa shape index (κ3) is 12.3. The molecule has 2 atom stereocenters. The van der Waals surface area contributed by atoms with E-state index in [1.54, 1.807) is 35.1 Å². The van der Waals surface area contributed by atoms with Gasteiger partial charge in [-0.2, -0.15) is 13.2 Å². The molecular formula is C51H59ClF6N6O5S3. The van der Waals surface area contributed by atoms with Crippen LogP contribution in [-0.4, -0.2) is 131 Å². The quantitative estimate of drug-likeness (QED) is 0.0824. The molecule has 3 fully saturated rings. The number of carbonyl (C=O) groups is 1. The third-order valence-electron chi connectivity index (χ3n) is 12.2. The van der Waals surface area contributed by atoms with Crippen molar-refractivity contribution in [2.75, 3.05) is 81.0 Å². The van der Waals surface area contributed by atoms with Crippen molar-refractivity contribution in [3.8, 4) is 0 Å². The number of carbonyl (C=O) groups excluding carboxylic acids is 1. The summed E-state index contributed by atoms with van der Waals surface area (Å²) in [5.41, 5.74) is -11.6. The first kappa shape index (κ1) is 36.6. The first-order chi connectivity index (χ1) is 39.9. The molecule has 1 spiro atoms. The van der Waals surface area contributed by atoms with Gasteiger partial charge in [0.15, 0.2) is 0 Å². The van der Waals surface area contributed by atoms with Crippen molar-refractivity contribution < 1.29 is 69.9 Å². The molecule has 390 valence electrons. The van der Waals surface area contributed by atoms with E-state index in [0.717, 1.165) is 42.1 Å². The Morgan fingerprint density at radius 2 is 1.51 bits per heavy atom. The van der Waals surface area contributed by atoms with Gasteiger partial charge in [0.1, 0.15) is 10.7 Å². The molecule has 4 aromatic rings. The van der Waals surface area contributed by atoms with Crippen molar-refractivity contribution in [2.45, 2.75) is 90.6 Å². The molecule has 8 rings (SSSR count). The molecule has 2 aliphatic carbocycles. The summed E-state index contributed by atoms with van der Waals surface area (Å²) >= 11 is 7.00. The number of halogens is 7. The Morgan fingerprint density at radius 3 is 2.12 bits per heavy atom. The minimum absolute atomic E-state index is 0.0166. The van der Waals surface area contributed by atoms with Crippen molar-refractivity contribution in [3.05, 3.63) is 119 Å². The van der Waals surface area contributed by atoms with Gasteiger partial charge in [0, 0.05) is 137 Å². The van der Waals surface area contributed by atoms with Gasteiger partial charge >= 0.3 is 5.51 Å². The fourth-order valence-corrected chi connectivity index (χ4v) is 11.3. The van der Waals surface area contributed by atoms with E-state index in [1.807, 2.05) is 0 Å². The number of anilines is 2. The Kier molecular flexibility index (Phi) is 10.7. The van der Waals surface area contributed by atoms with E-state index in [4.69, 9.17) is 33.5 Å². The number of hydrogen-bond acceptors (Lipinski definition) is 11. The van der Waals surface area contributed by atoms with E-state index < -0.39 is 171 Å². The van der Waals surface area contributed by atoms with Crippen LogP contribution in [0.5, 0.6) is 0 Å². The topological polar surface area (TPSA) is 122 Å². The fraction of sp³-hybridized carbons (Fsp3) is 0.471. The third-order valence-corrected chi connectivity index (χ3v) is 16.5. The van der Waals surface area contributed by atoms with Gasteiger partial charge in [-0.3, -0.25) is 14.6 Å². The smallest absolute Gasteiger partial charge is 0.380 e. The molecule has 72 heavy (non-hydrogen) atoms. The maximum atomic E-state index is 15.4. The molecular weight excluding hydrogens is 1020 g/mol. The van der Waals surface area contributed by atoms with Crippen LogP contribution in [0.25, 0.3) is 5.57 Å². The molecule has 2 N–H and O–H groups in total. The number of sulfone groups is 1. The molecule has 4 aliphatic rings. The van der Waals surface area contributed by atoms with Crippen LogP contribution in [0, 0.1) is 11.2 Å². The van der Waals surface area contributed by atoms with E-state index in [0.29, 0.717) is 26.8 Å². The van der Waals surface area contributed by atoms with Gasteiger partial charge in [0.05, 0.1) is 16.1 Å². The Morgan fingerprint density at radius 1 is 0.861 bits per heavy atom. The van der Waals surface area contributed by atoms with Crippen molar-refractivity contribution in [3.63, 3.8) is 0 Å². The Labute approximate surface area is 449 Å². The number of sulfonamides is 1. The maximum Gasteiger partial charge on any atom is 0.501 e. The van der Waals surface area contributed by atoms with Crippen LogP contribution in [0.3, 0.4) is 0 Å². The lowest BCUT2D eigenvalue weighted by Crippen LogP contribution is -2.53. The summed E-state index contributed by atoms with van der Waals surface area (Å²) in [6, 6.07) is 14.8. The predicted molar refractivity (Wildman–Crippen MR) is 271 cm³/mol. The minimum Gasteiger partial charge on any atom is -0.380 e. The molecule has 21 heteroatoms. The predicted octanol–water partition coefficient (Wildman–Crippen LogP) is 10.1. The highest BCUT2D eigenvalue weighted by molar-refractivity contribution is 7.99. The second kappa shape index (κ2) is 21.1. The van der Waals surface area contributed by atoms with Crippen LogP contribution in [0.15, 0.2) is 111 Å². The Balaban J connectivity index is 1.07. The molecule has 2 unspecified atom stereocenters. The number of hydrogen-bond donors (Lipinski definition) is 2. The van der Waals surface area contributed by atoms with E-state index >= 15 is 4.39 Å². The fourth-order valence-electron chi connectivity index (χ4n) is 8.15. The lowest BCUT2D eigenvalue weighted by molar-refractivity contribution is -0.0436. The van der Waals surface area contributed by atoms with Gasteiger partial charge in [-0.05, 0) is 119 Å². The summed E-state index contributed by atoms with van der Waals surface area (Å²) in [7, 11) is -11.9. The van der Waals surface area contributed by atoms with Gasteiger partial charge in [-0.1, -0.05) is 41.4 Å². The highest BCUT2D eigenvalue weighted by Crippen LogP contribution is 2.68. The number of piperazine rings is 2. The van der Waals surface area contributed by atoms with Crippen LogP contribution >= 0.6 is 23.4 Å². The molecule has 0 bridgehead atoms. The Bertz CT molecular complexity index is 3600. The normalized spacial score (nSPS) is 29.8. The highest BCUT2D eigenvalue weighted by atomic mass is 35.5. The summed E-state index contributed by atoms with van der Waals surface area (Å²) in [6.45, 7) is -25.3. The first-order valence-corrected chi connectivity index (χ1v) is 26.5. The van der Waals surface area contributed by atoms with Crippen molar-refractivity contribution in [1.29, 1.82) is 0 Å². The second-order valence-corrected chi connectivity index (χ2v) is 23.5. The zero-order valence-electron chi connectivity index (χ0n) is 54.6. The van der Waals surface area contributed by atoms with E-state index in [1.165, 1.54) is 32.9 Å². The largest absolute Gasteiger partial charge is 0.501 e. The van der Waals surface area contributed by atoms with Crippen LogP contribution in [-0.2, 0) is 19.9 Å². The van der Waals surface area contributed by atoms with E-state index in [2.05, 4.69) is 5.32 Å². The highest BCUT2D eigenvalue weighted by Gasteiger charge is 2.71. The van der Waals surface area contributed by atoms with Crippen LogP contribution in [0.2, 0.25) is 5.02 Å². The number of rotatable bonds is 16. The lowest BCUT2D eigenvalue weighted by Gasteiger charge is -2.42. The number of alkyl halides is 5. The van der Waals surface area contributed by atoms with Crippen molar-refractivity contribution in [1.82, 2.24) is 19.4 Å². The minimum atomic E-state index is -6.54. The van der Waals surface area contributed by atoms with Crippen molar-refractivity contribution >= 4 is 66.1 Å². The summed E-state index contributed by atoms with van der Waals surface area (Å²) in [4.78, 5) is 12.2. The van der Waals surface area contributed by atoms with Gasteiger partial charge in [0.2, 0.25) is 0 Å². The number of nitrogens with one attached hydrogen (secondary N) is 2. The van der Waals surface area contributed by atoms with Crippen molar-refractivity contribution in [2.24, 2.45) is 5.41 Å². The zero-order valence-corrected chi connectivity index (χ0v) is 41.8. The number of allylic oxidation sites excluding steroid dienone is 1. The van der Waals surface area contributed by atoms with E-state index in [-0.39, 0.29) is 56.2 Å². The first-order valence-electron chi connectivity index (χ1n) is 30.2. The molecule has 2 aliphatic heterocycles. The van der Waals surface area contributed by atoms with Gasteiger partial charge in [-0.25, -0.2) is 34.7 Å². The molecule has 4 aromatic carbocycles. The lowest BCUT2D eigenvalue weighted by atomic mass is 9.78. The average molecular weight is 1100 g/mol. The number of thioether (sulfide) groups is 1. The molecule has 2 saturated heterocycles. The van der Waals surface area contributed by atoms with Crippen LogP contribution in [0.1, 0.15) is 90.7 Å². The number of nitrogens with zero attached hydrogens (tertiary/aromatic N) is 4. The number of amides is 1. The Hall–Kier alpha value is -4.31. The molecule has 0 radical (unpaired) electrons. The monoisotopic (exact) mass is 1100 g/mol. The maximum absolute atomic E-state index is 15.4. The molecule has 11 nitrogen and oxygen atoms in total. The van der Waals surface area contributed by atoms with Crippen LogP contribution < -0.4 is 14.9 Å².